The minimum Gasteiger partial charge on any atom is -0.481 e. The summed E-state index contributed by atoms with van der Waals surface area (Å²) in [7, 11) is 0. The SMILES string of the molecule is CC(C)(CCNC(=O)C1CCCC(C(F)(F)F)C1)C(=O)O. The van der Waals surface area contributed by atoms with Crippen molar-refractivity contribution in [3.05, 3.63) is 0 Å². The molecule has 2 N–H and O–H groups in total. The number of amides is 1. The molecule has 1 saturated carbocycles. The largest absolute Gasteiger partial charge is 0.481 e. The molecule has 1 fully saturated rings. The molecule has 122 valence electrons. The van der Waals surface area contributed by atoms with E-state index in [9.17, 15) is 22.8 Å². The molecular weight excluding hydrogens is 287 g/mol. The predicted octanol–water partition coefficient (Wildman–Crippen LogP) is 2.97. The zero-order chi connectivity index (χ0) is 16.3. The fourth-order valence-electron chi connectivity index (χ4n) is 2.47. The van der Waals surface area contributed by atoms with Gasteiger partial charge in [0.1, 0.15) is 0 Å². The van der Waals surface area contributed by atoms with E-state index < -0.39 is 35.3 Å². The first-order valence-corrected chi connectivity index (χ1v) is 7.12. The lowest BCUT2D eigenvalue weighted by molar-refractivity contribution is -0.186. The van der Waals surface area contributed by atoms with Crippen LogP contribution in [-0.4, -0.2) is 29.7 Å². The third kappa shape index (κ3) is 5.21. The summed E-state index contributed by atoms with van der Waals surface area (Å²) in [5.74, 6) is -3.40. The first-order chi connectivity index (χ1) is 9.54. The summed E-state index contributed by atoms with van der Waals surface area (Å²) in [5, 5.41) is 11.5. The van der Waals surface area contributed by atoms with Crippen molar-refractivity contribution in [3.8, 4) is 0 Å². The number of carbonyl (C=O) groups is 2. The van der Waals surface area contributed by atoms with E-state index in [0.717, 1.165) is 0 Å². The smallest absolute Gasteiger partial charge is 0.391 e. The molecule has 0 saturated heterocycles. The Labute approximate surface area is 122 Å². The molecule has 0 bridgehead atoms. The van der Waals surface area contributed by atoms with Crippen molar-refractivity contribution < 1.29 is 27.9 Å². The van der Waals surface area contributed by atoms with Crippen LogP contribution in [0.25, 0.3) is 0 Å². The molecule has 0 radical (unpaired) electrons. The van der Waals surface area contributed by atoms with Crippen molar-refractivity contribution in [2.24, 2.45) is 17.3 Å². The van der Waals surface area contributed by atoms with E-state index in [-0.39, 0.29) is 25.8 Å². The van der Waals surface area contributed by atoms with Crippen LogP contribution in [0, 0.1) is 17.3 Å². The minimum atomic E-state index is -4.25. The highest BCUT2D eigenvalue weighted by atomic mass is 19.4. The summed E-state index contributed by atoms with van der Waals surface area (Å²) < 4.78 is 38.0. The van der Waals surface area contributed by atoms with Gasteiger partial charge >= 0.3 is 12.1 Å². The number of alkyl halides is 3. The summed E-state index contributed by atoms with van der Waals surface area (Å²) in [6.07, 6.45) is -3.24. The number of carboxylic acid groups (broad SMARTS) is 1. The molecule has 0 aromatic carbocycles. The van der Waals surface area contributed by atoms with Gasteiger partial charge in [-0.1, -0.05) is 6.42 Å². The van der Waals surface area contributed by atoms with Gasteiger partial charge in [0, 0.05) is 12.5 Å². The second-order valence-corrected chi connectivity index (χ2v) is 6.33. The van der Waals surface area contributed by atoms with Gasteiger partial charge in [-0.2, -0.15) is 13.2 Å². The Hall–Kier alpha value is -1.27. The molecule has 0 aliphatic heterocycles. The number of carbonyl (C=O) groups excluding carboxylic acids is 1. The number of carboxylic acids is 1. The van der Waals surface area contributed by atoms with Gasteiger partial charge in [-0.25, -0.2) is 0 Å². The molecule has 0 aromatic rings. The Morgan fingerprint density at radius 1 is 1.24 bits per heavy atom. The molecule has 1 aliphatic carbocycles. The van der Waals surface area contributed by atoms with Gasteiger partial charge in [0.25, 0.3) is 0 Å². The van der Waals surface area contributed by atoms with E-state index >= 15 is 0 Å². The van der Waals surface area contributed by atoms with E-state index in [1.807, 2.05) is 0 Å². The summed E-state index contributed by atoms with van der Waals surface area (Å²) in [6, 6.07) is 0. The first-order valence-electron chi connectivity index (χ1n) is 7.12. The first kappa shape index (κ1) is 17.8. The van der Waals surface area contributed by atoms with Crippen LogP contribution in [0.15, 0.2) is 0 Å². The van der Waals surface area contributed by atoms with Crippen LogP contribution in [-0.2, 0) is 9.59 Å². The number of hydrogen-bond acceptors (Lipinski definition) is 2. The molecule has 21 heavy (non-hydrogen) atoms. The number of halogens is 3. The Morgan fingerprint density at radius 2 is 1.86 bits per heavy atom. The normalized spacial score (nSPS) is 23.7. The van der Waals surface area contributed by atoms with Gasteiger partial charge in [0.2, 0.25) is 5.91 Å². The Morgan fingerprint density at radius 3 is 2.38 bits per heavy atom. The molecule has 1 rings (SSSR count). The molecule has 7 heteroatoms. The standard InChI is InChI=1S/C14H22F3NO3/c1-13(2,12(20)21)6-7-18-11(19)9-4-3-5-10(8-9)14(15,16)17/h9-10H,3-8H2,1-2H3,(H,18,19)(H,20,21). The van der Waals surface area contributed by atoms with Gasteiger partial charge < -0.3 is 10.4 Å². The zero-order valence-electron chi connectivity index (χ0n) is 12.3. The van der Waals surface area contributed by atoms with Crippen LogP contribution in [0.5, 0.6) is 0 Å². The quantitative estimate of drug-likeness (QED) is 0.820. The highest BCUT2D eigenvalue weighted by Gasteiger charge is 2.43. The van der Waals surface area contributed by atoms with Gasteiger partial charge in [0.05, 0.1) is 11.3 Å². The second kappa shape index (κ2) is 6.66. The fourth-order valence-corrected chi connectivity index (χ4v) is 2.47. The van der Waals surface area contributed by atoms with E-state index in [4.69, 9.17) is 5.11 Å². The number of aliphatic carboxylic acids is 1. The highest BCUT2D eigenvalue weighted by Crippen LogP contribution is 2.39. The van der Waals surface area contributed by atoms with E-state index in [1.54, 1.807) is 13.8 Å². The molecule has 4 nitrogen and oxygen atoms in total. The summed E-state index contributed by atoms with van der Waals surface area (Å²) >= 11 is 0. The predicted molar refractivity (Wildman–Crippen MR) is 70.5 cm³/mol. The molecule has 0 spiro atoms. The molecule has 1 aliphatic rings. The van der Waals surface area contributed by atoms with Gasteiger partial charge in [-0.15, -0.1) is 0 Å². The Kier molecular flexibility index (Phi) is 5.64. The van der Waals surface area contributed by atoms with Crippen molar-refractivity contribution in [2.45, 2.75) is 52.1 Å². The number of hydrogen-bond donors (Lipinski definition) is 2. The monoisotopic (exact) mass is 309 g/mol. The summed E-state index contributed by atoms with van der Waals surface area (Å²) in [6.45, 7) is 3.24. The van der Waals surface area contributed by atoms with Crippen LogP contribution in [0.1, 0.15) is 46.0 Å². The molecule has 2 unspecified atom stereocenters. The Balaban J connectivity index is 2.44. The highest BCUT2D eigenvalue weighted by molar-refractivity contribution is 5.79. The van der Waals surface area contributed by atoms with Gasteiger partial charge in [-0.3, -0.25) is 9.59 Å². The third-order valence-electron chi connectivity index (χ3n) is 4.14. The van der Waals surface area contributed by atoms with E-state index in [2.05, 4.69) is 5.32 Å². The maximum Gasteiger partial charge on any atom is 0.391 e. The fraction of sp³-hybridized carbons (Fsp3) is 0.857. The topological polar surface area (TPSA) is 66.4 Å². The third-order valence-corrected chi connectivity index (χ3v) is 4.14. The maximum atomic E-state index is 12.7. The van der Waals surface area contributed by atoms with Crippen LogP contribution < -0.4 is 5.32 Å². The Bertz CT molecular complexity index is 393. The van der Waals surface area contributed by atoms with Gasteiger partial charge in [-0.05, 0) is 39.5 Å². The molecule has 2 atom stereocenters. The van der Waals surface area contributed by atoms with Crippen LogP contribution >= 0.6 is 0 Å². The van der Waals surface area contributed by atoms with Crippen molar-refractivity contribution in [2.75, 3.05) is 6.54 Å². The maximum absolute atomic E-state index is 12.7. The van der Waals surface area contributed by atoms with Crippen LogP contribution in [0.2, 0.25) is 0 Å². The average Bonchev–Trinajstić information content (AvgIpc) is 2.37. The lowest BCUT2D eigenvalue weighted by Gasteiger charge is -2.30. The minimum absolute atomic E-state index is 0.0827. The number of nitrogens with one attached hydrogen (secondary N) is 1. The van der Waals surface area contributed by atoms with Crippen LogP contribution in [0.4, 0.5) is 13.2 Å². The second-order valence-electron chi connectivity index (χ2n) is 6.33. The molecule has 1 amide bonds. The van der Waals surface area contributed by atoms with Crippen LogP contribution in [0.3, 0.4) is 0 Å². The van der Waals surface area contributed by atoms with E-state index in [1.165, 1.54) is 0 Å². The zero-order valence-corrected chi connectivity index (χ0v) is 12.3. The molecule has 0 aromatic heterocycles. The number of rotatable bonds is 5. The lowest BCUT2D eigenvalue weighted by Crippen LogP contribution is -2.39. The average molecular weight is 309 g/mol. The lowest BCUT2D eigenvalue weighted by atomic mass is 9.80. The van der Waals surface area contributed by atoms with Crippen molar-refractivity contribution >= 4 is 11.9 Å². The van der Waals surface area contributed by atoms with E-state index in [0.29, 0.717) is 12.8 Å². The summed E-state index contributed by atoms with van der Waals surface area (Å²) in [4.78, 5) is 22.8. The van der Waals surface area contributed by atoms with Crippen molar-refractivity contribution in [3.63, 3.8) is 0 Å². The summed E-state index contributed by atoms with van der Waals surface area (Å²) in [5.41, 5.74) is -0.964. The van der Waals surface area contributed by atoms with Gasteiger partial charge in [0.15, 0.2) is 0 Å². The molecular formula is C14H22F3NO3. The van der Waals surface area contributed by atoms with Crippen molar-refractivity contribution in [1.82, 2.24) is 5.32 Å². The van der Waals surface area contributed by atoms with Crippen molar-refractivity contribution in [1.29, 1.82) is 0 Å². The molecule has 0 heterocycles.